The van der Waals surface area contributed by atoms with E-state index in [-0.39, 0.29) is 11.7 Å². The molecular weight excluding hydrogens is 314 g/mol. The van der Waals surface area contributed by atoms with Crippen molar-refractivity contribution in [3.05, 3.63) is 58.9 Å². The van der Waals surface area contributed by atoms with Gasteiger partial charge in [-0.2, -0.15) is 0 Å². The van der Waals surface area contributed by atoms with Crippen LogP contribution in [0.3, 0.4) is 0 Å². The molecule has 25 heavy (non-hydrogen) atoms. The maximum atomic E-state index is 12.3. The molecule has 1 aromatic heterocycles. The van der Waals surface area contributed by atoms with Crippen LogP contribution in [0.25, 0.3) is 0 Å². The monoisotopic (exact) mass is 339 g/mol. The number of amides is 1. The minimum Gasteiger partial charge on any atom is -0.356 e. The molecule has 5 nitrogen and oxygen atoms in total. The van der Waals surface area contributed by atoms with Crippen molar-refractivity contribution in [1.82, 2.24) is 15.2 Å². The number of benzene rings is 1. The third-order valence-electron chi connectivity index (χ3n) is 4.73. The van der Waals surface area contributed by atoms with Crippen LogP contribution in [0.4, 0.5) is 0 Å². The van der Waals surface area contributed by atoms with Gasteiger partial charge in [0, 0.05) is 24.8 Å². The molecule has 0 aliphatic carbocycles. The lowest BCUT2D eigenvalue weighted by Gasteiger charge is -2.27. The van der Waals surface area contributed by atoms with Gasteiger partial charge in [0.05, 0.1) is 0 Å². The summed E-state index contributed by atoms with van der Waals surface area (Å²) in [6, 6.07) is 9.85. The van der Waals surface area contributed by atoms with Gasteiger partial charge in [-0.25, -0.2) is 0 Å². The highest BCUT2D eigenvalue weighted by molar-refractivity contribution is 5.99. The molecule has 0 spiro atoms. The normalized spacial score (nSPS) is 15.1. The van der Waals surface area contributed by atoms with Crippen molar-refractivity contribution in [2.45, 2.75) is 39.3 Å². The van der Waals surface area contributed by atoms with Crippen molar-refractivity contribution in [3.8, 4) is 0 Å². The summed E-state index contributed by atoms with van der Waals surface area (Å²) in [6.45, 7) is 5.20. The Bertz CT molecular complexity index is 745. The highest BCUT2D eigenvalue weighted by atomic mass is 16.2. The van der Waals surface area contributed by atoms with Crippen LogP contribution in [-0.2, 0) is 13.1 Å². The Morgan fingerprint density at radius 1 is 1.12 bits per heavy atom. The Kier molecular flexibility index (Phi) is 5.66. The van der Waals surface area contributed by atoms with E-state index >= 15 is 0 Å². The Balaban J connectivity index is 1.62. The number of hydrogen-bond acceptors (Lipinski definition) is 3. The average Bonchev–Trinajstić information content (AvgIpc) is 3.12. The molecule has 1 aliphatic rings. The molecule has 0 saturated carbocycles. The van der Waals surface area contributed by atoms with E-state index in [0.29, 0.717) is 17.8 Å². The molecule has 1 aromatic carbocycles. The molecule has 0 unspecified atom stereocenters. The highest BCUT2D eigenvalue weighted by Crippen LogP contribution is 2.16. The van der Waals surface area contributed by atoms with Crippen LogP contribution in [0, 0.1) is 0 Å². The van der Waals surface area contributed by atoms with E-state index in [2.05, 4.69) is 33.4 Å². The molecule has 3 rings (SSSR count). The summed E-state index contributed by atoms with van der Waals surface area (Å²) in [5.41, 5.74) is 3.34. The van der Waals surface area contributed by atoms with Gasteiger partial charge in [-0.15, -0.1) is 0 Å². The maximum absolute atomic E-state index is 12.3. The molecule has 132 valence electrons. The Labute approximate surface area is 148 Å². The molecule has 0 radical (unpaired) electrons. The second kappa shape index (κ2) is 8.12. The zero-order chi connectivity index (χ0) is 17.6. The van der Waals surface area contributed by atoms with Crippen LogP contribution in [0.1, 0.15) is 58.2 Å². The van der Waals surface area contributed by atoms with E-state index in [9.17, 15) is 9.59 Å². The summed E-state index contributed by atoms with van der Waals surface area (Å²) < 4.78 is 0. The van der Waals surface area contributed by atoms with Gasteiger partial charge in [0.15, 0.2) is 5.78 Å². The minimum absolute atomic E-state index is 0.0535. The quantitative estimate of drug-likeness (QED) is 0.795. The van der Waals surface area contributed by atoms with Crippen molar-refractivity contribution in [2.75, 3.05) is 13.1 Å². The van der Waals surface area contributed by atoms with E-state index < -0.39 is 0 Å². The molecule has 5 heteroatoms. The van der Waals surface area contributed by atoms with Crippen molar-refractivity contribution >= 4 is 11.7 Å². The number of nitrogens with zero attached hydrogens (tertiary/aromatic N) is 1. The van der Waals surface area contributed by atoms with Crippen LogP contribution in [0.15, 0.2) is 36.5 Å². The number of likely N-dealkylation sites (tertiary alicyclic amines) is 1. The first-order valence-electron chi connectivity index (χ1n) is 8.90. The smallest absolute Gasteiger partial charge is 0.267 e. The predicted molar refractivity (Wildman–Crippen MR) is 97.5 cm³/mol. The average molecular weight is 339 g/mol. The highest BCUT2D eigenvalue weighted by Gasteiger charge is 2.14. The number of aromatic amines is 1. The summed E-state index contributed by atoms with van der Waals surface area (Å²) in [4.78, 5) is 29.0. The van der Waals surface area contributed by atoms with Crippen molar-refractivity contribution < 1.29 is 9.59 Å². The SMILES string of the molecule is CC(=O)c1c[nH]c(C(=O)NCc2ccccc2CN2CCCCC2)c1. The number of ketones is 1. The number of carbonyl (C=O) groups is 2. The zero-order valence-electron chi connectivity index (χ0n) is 14.7. The van der Waals surface area contributed by atoms with Crippen molar-refractivity contribution in [2.24, 2.45) is 0 Å². The maximum Gasteiger partial charge on any atom is 0.267 e. The number of carbonyl (C=O) groups excluding carboxylic acids is 2. The summed E-state index contributed by atoms with van der Waals surface area (Å²) >= 11 is 0. The Morgan fingerprint density at radius 2 is 1.84 bits per heavy atom. The predicted octanol–water partition coefficient (Wildman–Crippen LogP) is 3.13. The molecule has 2 aromatic rings. The fraction of sp³-hybridized carbons (Fsp3) is 0.400. The second-order valence-corrected chi connectivity index (χ2v) is 6.65. The number of piperidine rings is 1. The van der Waals surface area contributed by atoms with E-state index in [4.69, 9.17) is 0 Å². The first-order valence-corrected chi connectivity index (χ1v) is 8.90. The molecule has 1 amide bonds. The summed E-state index contributed by atoms with van der Waals surface area (Å²) in [5.74, 6) is -0.248. The summed E-state index contributed by atoms with van der Waals surface area (Å²) in [5, 5.41) is 2.95. The second-order valence-electron chi connectivity index (χ2n) is 6.65. The minimum atomic E-state index is -0.194. The van der Waals surface area contributed by atoms with Gasteiger partial charge in [-0.1, -0.05) is 30.7 Å². The Hall–Kier alpha value is -2.40. The van der Waals surface area contributed by atoms with Gasteiger partial charge in [0.1, 0.15) is 5.69 Å². The standard InChI is InChI=1S/C20H25N3O2/c1-15(24)18-11-19(21-13-18)20(25)22-12-16-7-3-4-8-17(16)14-23-9-5-2-6-10-23/h3-4,7-8,11,13,21H,2,5-6,9-10,12,14H2,1H3,(H,22,25). The molecule has 1 aliphatic heterocycles. The van der Waals surface area contributed by atoms with Gasteiger partial charge in [0.2, 0.25) is 0 Å². The topological polar surface area (TPSA) is 65.2 Å². The van der Waals surface area contributed by atoms with Gasteiger partial charge in [-0.3, -0.25) is 14.5 Å². The van der Waals surface area contributed by atoms with Crippen LogP contribution in [0.2, 0.25) is 0 Å². The number of aromatic nitrogens is 1. The van der Waals surface area contributed by atoms with Gasteiger partial charge in [-0.05, 0) is 50.0 Å². The number of H-pyrrole nitrogens is 1. The van der Waals surface area contributed by atoms with Gasteiger partial charge < -0.3 is 10.3 Å². The van der Waals surface area contributed by atoms with E-state index in [1.165, 1.54) is 31.7 Å². The number of Topliss-reactive ketones (excluding diaryl/α,β-unsaturated/α-hetero) is 1. The summed E-state index contributed by atoms with van der Waals surface area (Å²) in [7, 11) is 0. The van der Waals surface area contributed by atoms with E-state index in [1.54, 1.807) is 12.3 Å². The lowest BCUT2D eigenvalue weighted by atomic mass is 10.0. The molecular formula is C20H25N3O2. The molecule has 0 bridgehead atoms. The zero-order valence-corrected chi connectivity index (χ0v) is 14.7. The van der Waals surface area contributed by atoms with E-state index in [0.717, 1.165) is 25.2 Å². The lowest BCUT2D eigenvalue weighted by Crippen LogP contribution is -2.30. The van der Waals surface area contributed by atoms with Gasteiger partial charge in [0.25, 0.3) is 5.91 Å². The first-order chi connectivity index (χ1) is 12.1. The van der Waals surface area contributed by atoms with Crippen LogP contribution >= 0.6 is 0 Å². The van der Waals surface area contributed by atoms with Crippen molar-refractivity contribution in [1.29, 1.82) is 0 Å². The van der Waals surface area contributed by atoms with Crippen LogP contribution < -0.4 is 5.32 Å². The van der Waals surface area contributed by atoms with Crippen LogP contribution in [0.5, 0.6) is 0 Å². The number of hydrogen-bond donors (Lipinski definition) is 2. The molecule has 2 N–H and O–H groups in total. The third-order valence-corrected chi connectivity index (χ3v) is 4.73. The number of nitrogens with one attached hydrogen (secondary N) is 2. The fourth-order valence-corrected chi connectivity index (χ4v) is 3.24. The Morgan fingerprint density at radius 3 is 2.52 bits per heavy atom. The van der Waals surface area contributed by atoms with E-state index in [1.807, 2.05) is 6.07 Å². The largest absolute Gasteiger partial charge is 0.356 e. The molecule has 1 saturated heterocycles. The fourth-order valence-electron chi connectivity index (χ4n) is 3.24. The van der Waals surface area contributed by atoms with Crippen molar-refractivity contribution in [3.63, 3.8) is 0 Å². The third kappa shape index (κ3) is 4.57. The first kappa shape index (κ1) is 17.4. The molecule has 1 fully saturated rings. The summed E-state index contributed by atoms with van der Waals surface area (Å²) in [6.07, 6.45) is 5.43. The van der Waals surface area contributed by atoms with Gasteiger partial charge >= 0.3 is 0 Å². The lowest BCUT2D eigenvalue weighted by molar-refractivity contribution is 0.0946. The molecule has 2 heterocycles. The van der Waals surface area contributed by atoms with Crippen LogP contribution in [-0.4, -0.2) is 34.7 Å². The molecule has 0 atom stereocenters. The number of rotatable bonds is 6.